The van der Waals surface area contributed by atoms with E-state index in [9.17, 15) is 9.18 Å². The molecule has 4 rings (SSSR count). The second-order valence-corrected chi connectivity index (χ2v) is 7.60. The molecule has 0 aliphatic carbocycles. The number of aromatic nitrogens is 1. The van der Waals surface area contributed by atoms with Crippen LogP contribution >= 0.6 is 12.4 Å². The number of pyridine rings is 1. The number of aryl methyl sites for hydroxylation is 1. The molecule has 148 valence electrons. The van der Waals surface area contributed by atoms with E-state index in [1.54, 1.807) is 18.2 Å². The molecule has 2 aromatic heterocycles. The number of halogens is 2. The summed E-state index contributed by atoms with van der Waals surface area (Å²) < 4.78 is 19.1. The number of nitrogens with zero attached hydrogens (tertiary/aromatic N) is 2. The topological polar surface area (TPSA) is 58.4 Å². The lowest BCUT2D eigenvalue weighted by Gasteiger charge is -2.42. The number of carbonyl (C=O) groups is 1. The SMILES string of the molecule is Cc1cc(-c2ccc(F)cc2)nc2cc(C(=O)N3CCNCC3(C)C)oc12.Cl. The summed E-state index contributed by atoms with van der Waals surface area (Å²) in [6.45, 7) is 8.14. The number of benzene rings is 1. The summed E-state index contributed by atoms with van der Waals surface area (Å²) in [5.74, 6) is -0.111. The maximum Gasteiger partial charge on any atom is 0.290 e. The van der Waals surface area contributed by atoms with Crippen LogP contribution in [-0.2, 0) is 0 Å². The minimum atomic E-state index is -0.286. The van der Waals surface area contributed by atoms with E-state index in [2.05, 4.69) is 10.3 Å². The maximum atomic E-state index is 13.2. The average Bonchev–Trinajstić information content (AvgIpc) is 3.06. The molecule has 1 fully saturated rings. The Labute approximate surface area is 169 Å². The van der Waals surface area contributed by atoms with Crippen LogP contribution in [0.4, 0.5) is 4.39 Å². The van der Waals surface area contributed by atoms with Gasteiger partial charge in [0.25, 0.3) is 5.91 Å². The Kier molecular flexibility index (Phi) is 5.46. The van der Waals surface area contributed by atoms with Crippen molar-refractivity contribution >= 4 is 29.4 Å². The second-order valence-electron chi connectivity index (χ2n) is 7.60. The first-order valence-corrected chi connectivity index (χ1v) is 9.05. The van der Waals surface area contributed by atoms with E-state index in [1.165, 1.54) is 12.1 Å². The van der Waals surface area contributed by atoms with Crippen LogP contribution in [0.3, 0.4) is 0 Å². The smallest absolute Gasteiger partial charge is 0.290 e. The molecule has 1 aliphatic rings. The zero-order valence-corrected chi connectivity index (χ0v) is 16.9. The van der Waals surface area contributed by atoms with Crippen molar-refractivity contribution in [1.82, 2.24) is 15.2 Å². The van der Waals surface area contributed by atoms with Gasteiger partial charge in [-0.3, -0.25) is 4.79 Å². The third kappa shape index (κ3) is 3.62. The molecule has 28 heavy (non-hydrogen) atoms. The van der Waals surface area contributed by atoms with E-state index in [1.807, 2.05) is 31.7 Å². The lowest BCUT2D eigenvalue weighted by atomic mass is 10.00. The van der Waals surface area contributed by atoms with E-state index >= 15 is 0 Å². The van der Waals surface area contributed by atoms with Crippen LogP contribution in [0.15, 0.2) is 40.8 Å². The van der Waals surface area contributed by atoms with E-state index in [0.717, 1.165) is 29.9 Å². The van der Waals surface area contributed by atoms with Gasteiger partial charge in [0.15, 0.2) is 11.3 Å². The molecular formula is C21H23ClFN3O2. The van der Waals surface area contributed by atoms with Crippen molar-refractivity contribution in [2.75, 3.05) is 19.6 Å². The summed E-state index contributed by atoms with van der Waals surface area (Å²) in [5, 5.41) is 3.31. The van der Waals surface area contributed by atoms with Crippen molar-refractivity contribution in [2.24, 2.45) is 0 Å². The highest BCUT2D eigenvalue weighted by Crippen LogP contribution is 2.29. The Morgan fingerprint density at radius 1 is 1.25 bits per heavy atom. The number of amides is 1. The van der Waals surface area contributed by atoms with Crippen LogP contribution in [0.1, 0.15) is 30.0 Å². The molecule has 0 atom stereocenters. The molecule has 1 aliphatic heterocycles. The number of hydrogen-bond acceptors (Lipinski definition) is 4. The maximum absolute atomic E-state index is 13.2. The summed E-state index contributed by atoms with van der Waals surface area (Å²) in [6.07, 6.45) is 0. The van der Waals surface area contributed by atoms with Gasteiger partial charge in [-0.1, -0.05) is 0 Å². The summed E-state index contributed by atoms with van der Waals surface area (Å²) in [6, 6.07) is 9.80. The fourth-order valence-electron chi connectivity index (χ4n) is 3.55. The molecule has 0 radical (unpaired) electrons. The summed E-state index contributed by atoms with van der Waals surface area (Å²) in [7, 11) is 0. The highest BCUT2D eigenvalue weighted by atomic mass is 35.5. The number of rotatable bonds is 2. The molecule has 7 heteroatoms. The molecule has 1 N–H and O–H groups in total. The predicted molar refractivity (Wildman–Crippen MR) is 109 cm³/mol. The minimum absolute atomic E-state index is 0. The predicted octanol–water partition coefficient (Wildman–Crippen LogP) is 4.19. The molecule has 3 aromatic rings. The van der Waals surface area contributed by atoms with Gasteiger partial charge in [0.2, 0.25) is 0 Å². The van der Waals surface area contributed by atoms with E-state index in [-0.39, 0.29) is 29.7 Å². The van der Waals surface area contributed by atoms with E-state index in [4.69, 9.17) is 4.42 Å². The minimum Gasteiger partial charge on any atom is -0.449 e. The Hall–Kier alpha value is -2.44. The second kappa shape index (κ2) is 7.53. The molecule has 0 spiro atoms. The first kappa shape index (κ1) is 20.3. The first-order chi connectivity index (χ1) is 12.8. The van der Waals surface area contributed by atoms with Crippen LogP contribution in [0.5, 0.6) is 0 Å². The van der Waals surface area contributed by atoms with Gasteiger partial charge in [-0.2, -0.15) is 0 Å². The Morgan fingerprint density at radius 2 is 1.96 bits per heavy atom. The van der Waals surface area contributed by atoms with Crippen molar-refractivity contribution in [2.45, 2.75) is 26.3 Å². The first-order valence-electron chi connectivity index (χ1n) is 9.05. The largest absolute Gasteiger partial charge is 0.449 e. The zero-order chi connectivity index (χ0) is 19.2. The molecule has 1 saturated heterocycles. The lowest BCUT2D eigenvalue weighted by molar-refractivity contribution is 0.0448. The molecule has 1 amide bonds. The molecule has 0 bridgehead atoms. The molecule has 0 saturated carbocycles. The van der Waals surface area contributed by atoms with Crippen LogP contribution in [0.2, 0.25) is 0 Å². The summed E-state index contributed by atoms with van der Waals surface area (Å²) in [5.41, 5.74) is 3.39. The molecule has 5 nitrogen and oxygen atoms in total. The fraction of sp³-hybridized carbons (Fsp3) is 0.333. The van der Waals surface area contributed by atoms with Gasteiger partial charge in [-0.05, 0) is 56.7 Å². The highest BCUT2D eigenvalue weighted by molar-refractivity contribution is 5.96. The van der Waals surface area contributed by atoms with Gasteiger partial charge in [-0.15, -0.1) is 12.4 Å². The zero-order valence-electron chi connectivity index (χ0n) is 16.1. The molecular weight excluding hydrogens is 381 g/mol. The highest BCUT2D eigenvalue weighted by Gasteiger charge is 2.35. The van der Waals surface area contributed by atoms with Crippen molar-refractivity contribution in [1.29, 1.82) is 0 Å². The fourth-order valence-corrected chi connectivity index (χ4v) is 3.55. The van der Waals surface area contributed by atoms with Gasteiger partial charge in [0, 0.05) is 31.3 Å². The number of nitrogens with one attached hydrogen (secondary N) is 1. The third-order valence-electron chi connectivity index (χ3n) is 5.06. The Morgan fingerprint density at radius 3 is 2.64 bits per heavy atom. The molecule has 3 heterocycles. The van der Waals surface area contributed by atoms with Crippen molar-refractivity contribution < 1.29 is 13.6 Å². The standard InChI is InChI=1S/C21H22FN3O2.ClH/c1-13-10-16(14-4-6-15(22)7-5-14)24-17-11-18(27-19(13)17)20(26)25-9-8-23-12-21(25,2)3;/h4-7,10-11,23H,8-9,12H2,1-3H3;1H. The summed E-state index contributed by atoms with van der Waals surface area (Å²) in [4.78, 5) is 19.5. The van der Waals surface area contributed by atoms with Gasteiger partial charge in [0.05, 0.1) is 11.2 Å². The van der Waals surface area contributed by atoms with Crippen molar-refractivity contribution in [3.63, 3.8) is 0 Å². The van der Waals surface area contributed by atoms with Crippen LogP contribution in [-0.4, -0.2) is 41.0 Å². The molecule has 1 aromatic carbocycles. The van der Waals surface area contributed by atoms with Crippen molar-refractivity contribution in [3.05, 3.63) is 53.5 Å². The van der Waals surface area contributed by atoms with Gasteiger partial charge in [0.1, 0.15) is 11.3 Å². The number of carbonyl (C=O) groups excluding carboxylic acids is 1. The van der Waals surface area contributed by atoms with Crippen LogP contribution in [0, 0.1) is 12.7 Å². The molecule has 0 unspecified atom stereocenters. The lowest BCUT2D eigenvalue weighted by Crippen LogP contribution is -2.59. The third-order valence-corrected chi connectivity index (χ3v) is 5.06. The monoisotopic (exact) mass is 403 g/mol. The Bertz CT molecular complexity index is 1010. The van der Waals surface area contributed by atoms with Crippen LogP contribution < -0.4 is 5.32 Å². The number of hydrogen-bond donors (Lipinski definition) is 1. The van der Waals surface area contributed by atoms with Crippen molar-refractivity contribution in [3.8, 4) is 11.3 Å². The van der Waals surface area contributed by atoms with Gasteiger partial charge in [-0.25, -0.2) is 9.37 Å². The van der Waals surface area contributed by atoms with Gasteiger partial charge < -0.3 is 14.6 Å². The quantitative estimate of drug-likeness (QED) is 0.697. The number of furan rings is 1. The van der Waals surface area contributed by atoms with Crippen LogP contribution in [0.25, 0.3) is 22.4 Å². The number of fused-ring (bicyclic) bond motifs is 1. The average molecular weight is 404 g/mol. The van der Waals surface area contributed by atoms with Gasteiger partial charge >= 0.3 is 0 Å². The Balaban J connectivity index is 0.00000225. The van der Waals surface area contributed by atoms with E-state index in [0.29, 0.717) is 23.4 Å². The normalized spacial score (nSPS) is 16.1. The van der Waals surface area contributed by atoms with E-state index < -0.39 is 0 Å². The number of piperazine rings is 1. The summed E-state index contributed by atoms with van der Waals surface area (Å²) >= 11 is 0.